The van der Waals surface area contributed by atoms with Crippen molar-refractivity contribution in [3.05, 3.63) is 35.1 Å². The summed E-state index contributed by atoms with van der Waals surface area (Å²) < 4.78 is 13.5. The van der Waals surface area contributed by atoms with Crippen LogP contribution >= 0.6 is 0 Å². The number of halogens is 1. The highest BCUT2D eigenvalue weighted by molar-refractivity contribution is 5.37. The monoisotopic (exact) mass is 287 g/mol. The number of nitrogens with one attached hydrogen (secondary N) is 1. The van der Waals surface area contributed by atoms with E-state index in [1.807, 2.05) is 0 Å². The maximum Gasteiger partial charge on any atom is 0.123 e. The Morgan fingerprint density at radius 1 is 1.29 bits per heavy atom. The first kappa shape index (κ1) is 14.5. The Bertz CT molecular complexity index is 527. The Hall–Kier alpha value is -1.44. The van der Waals surface area contributed by atoms with Crippen molar-refractivity contribution >= 4 is 0 Å². The molecule has 3 nitrogen and oxygen atoms in total. The van der Waals surface area contributed by atoms with Crippen molar-refractivity contribution in [2.45, 2.75) is 38.3 Å². The van der Waals surface area contributed by atoms with Gasteiger partial charge in [-0.1, -0.05) is 0 Å². The maximum atomic E-state index is 13.5. The van der Waals surface area contributed by atoms with Gasteiger partial charge in [-0.3, -0.25) is 4.90 Å². The first-order valence-electron chi connectivity index (χ1n) is 7.89. The molecule has 112 valence electrons. The van der Waals surface area contributed by atoms with Gasteiger partial charge in [0.15, 0.2) is 0 Å². The third kappa shape index (κ3) is 4.03. The zero-order valence-electron chi connectivity index (χ0n) is 12.3. The lowest BCUT2D eigenvalue weighted by Gasteiger charge is -2.26. The predicted molar refractivity (Wildman–Crippen MR) is 80.1 cm³/mol. The van der Waals surface area contributed by atoms with Gasteiger partial charge in [0.2, 0.25) is 0 Å². The fourth-order valence-corrected chi connectivity index (χ4v) is 3.14. The van der Waals surface area contributed by atoms with E-state index in [-0.39, 0.29) is 5.82 Å². The number of benzene rings is 1. The molecule has 3 rings (SSSR count). The molecule has 1 aliphatic carbocycles. The summed E-state index contributed by atoms with van der Waals surface area (Å²) in [6.45, 7) is 3.85. The van der Waals surface area contributed by atoms with Crippen LogP contribution in [0.5, 0.6) is 0 Å². The first-order chi connectivity index (χ1) is 10.2. The molecule has 1 aromatic rings. The van der Waals surface area contributed by atoms with Crippen molar-refractivity contribution in [2.75, 3.05) is 19.6 Å². The molecule has 1 saturated heterocycles. The van der Waals surface area contributed by atoms with Crippen molar-refractivity contribution in [1.82, 2.24) is 10.2 Å². The highest BCUT2D eigenvalue weighted by atomic mass is 19.1. The summed E-state index contributed by atoms with van der Waals surface area (Å²) in [5.41, 5.74) is 1.41. The number of nitriles is 1. The Morgan fingerprint density at radius 2 is 2.14 bits per heavy atom. The van der Waals surface area contributed by atoms with Gasteiger partial charge in [-0.25, -0.2) is 4.39 Å². The van der Waals surface area contributed by atoms with Crippen LogP contribution in [0, 0.1) is 23.1 Å². The summed E-state index contributed by atoms with van der Waals surface area (Å²) in [4.78, 5) is 2.40. The zero-order valence-corrected chi connectivity index (χ0v) is 12.3. The standard InChI is InChI=1S/C17H22FN3/c18-16-6-5-14(9-19)15(8-16)11-21(10-13-3-4-13)12-17-2-1-7-20-17/h5-6,8,13,17,20H,1-4,7,10-12H2. The molecule has 1 unspecified atom stereocenters. The molecule has 0 radical (unpaired) electrons. The van der Waals surface area contributed by atoms with Gasteiger partial charge in [-0.15, -0.1) is 0 Å². The second-order valence-electron chi connectivity index (χ2n) is 6.34. The molecular weight excluding hydrogens is 265 g/mol. The minimum atomic E-state index is -0.255. The summed E-state index contributed by atoms with van der Waals surface area (Å²) >= 11 is 0. The third-order valence-electron chi connectivity index (χ3n) is 4.44. The normalized spacial score (nSPS) is 21.7. The summed E-state index contributed by atoms with van der Waals surface area (Å²) in [6, 6.07) is 7.20. The molecule has 0 bridgehead atoms. The summed E-state index contributed by atoms with van der Waals surface area (Å²) in [7, 11) is 0. The van der Waals surface area contributed by atoms with Crippen LogP contribution in [0.1, 0.15) is 36.8 Å². The van der Waals surface area contributed by atoms with Crippen LogP contribution in [-0.4, -0.2) is 30.6 Å². The lowest BCUT2D eigenvalue weighted by Crippen LogP contribution is -2.38. The molecule has 1 atom stereocenters. The van der Waals surface area contributed by atoms with Gasteiger partial charge in [0.25, 0.3) is 0 Å². The molecule has 1 heterocycles. The van der Waals surface area contributed by atoms with Gasteiger partial charge in [0, 0.05) is 25.7 Å². The van der Waals surface area contributed by atoms with E-state index in [2.05, 4.69) is 16.3 Å². The Kier molecular flexibility index (Phi) is 4.52. The number of hydrogen-bond acceptors (Lipinski definition) is 3. The highest BCUT2D eigenvalue weighted by Crippen LogP contribution is 2.30. The Balaban J connectivity index is 1.70. The third-order valence-corrected chi connectivity index (χ3v) is 4.44. The van der Waals surface area contributed by atoms with E-state index in [9.17, 15) is 9.65 Å². The maximum absolute atomic E-state index is 13.5. The van der Waals surface area contributed by atoms with Crippen LogP contribution < -0.4 is 5.32 Å². The minimum Gasteiger partial charge on any atom is -0.313 e. The molecule has 1 aromatic carbocycles. The van der Waals surface area contributed by atoms with Crippen LogP contribution in [0.25, 0.3) is 0 Å². The second kappa shape index (κ2) is 6.55. The van der Waals surface area contributed by atoms with Crippen LogP contribution in [-0.2, 0) is 6.54 Å². The molecular formula is C17H22FN3. The highest BCUT2D eigenvalue weighted by Gasteiger charge is 2.27. The van der Waals surface area contributed by atoms with E-state index in [0.717, 1.165) is 31.1 Å². The molecule has 1 aliphatic heterocycles. The van der Waals surface area contributed by atoms with Crippen LogP contribution in [0.15, 0.2) is 18.2 Å². The van der Waals surface area contributed by atoms with Gasteiger partial charge in [-0.05, 0) is 61.9 Å². The molecule has 21 heavy (non-hydrogen) atoms. The Labute approximate surface area is 125 Å². The van der Waals surface area contributed by atoms with Crippen molar-refractivity contribution in [3.8, 4) is 6.07 Å². The minimum absolute atomic E-state index is 0.255. The van der Waals surface area contributed by atoms with E-state index in [1.165, 1.54) is 37.8 Å². The molecule has 0 amide bonds. The van der Waals surface area contributed by atoms with Crippen molar-refractivity contribution in [2.24, 2.45) is 5.92 Å². The quantitative estimate of drug-likeness (QED) is 0.874. The van der Waals surface area contributed by atoms with Gasteiger partial charge in [-0.2, -0.15) is 5.26 Å². The van der Waals surface area contributed by atoms with Crippen LogP contribution in [0.3, 0.4) is 0 Å². The van der Waals surface area contributed by atoms with Crippen molar-refractivity contribution < 1.29 is 4.39 Å². The number of hydrogen-bond donors (Lipinski definition) is 1. The van der Waals surface area contributed by atoms with E-state index in [4.69, 9.17) is 0 Å². The van der Waals surface area contributed by atoms with Gasteiger partial charge < -0.3 is 5.32 Å². The van der Waals surface area contributed by atoms with Crippen molar-refractivity contribution in [1.29, 1.82) is 5.26 Å². The average Bonchev–Trinajstić information content (AvgIpc) is 3.12. The lowest BCUT2D eigenvalue weighted by molar-refractivity contribution is 0.231. The molecule has 0 spiro atoms. The van der Waals surface area contributed by atoms with Gasteiger partial charge in [0.05, 0.1) is 11.6 Å². The van der Waals surface area contributed by atoms with E-state index in [1.54, 1.807) is 6.07 Å². The lowest BCUT2D eigenvalue weighted by atomic mass is 10.1. The second-order valence-corrected chi connectivity index (χ2v) is 6.34. The van der Waals surface area contributed by atoms with Gasteiger partial charge >= 0.3 is 0 Å². The van der Waals surface area contributed by atoms with Crippen LogP contribution in [0.2, 0.25) is 0 Å². The Morgan fingerprint density at radius 3 is 2.81 bits per heavy atom. The van der Waals surface area contributed by atoms with Gasteiger partial charge in [0.1, 0.15) is 5.82 Å². The van der Waals surface area contributed by atoms with Crippen molar-refractivity contribution in [3.63, 3.8) is 0 Å². The van der Waals surface area contributed by atoms with E-state index < -0.39 is 0 Å². The number of nitrogens with zero attached hydrogens (tertiary/aromatic N) is 2. The summed E-state index contributed by atoms with van der Waals surface area (Å²) in [6.07, 6.45) is 5.08. The topological polar surface area (TPSA) is 39.1 Å². The molecule has 0 aromatic heterocycles. The number of rotatable bonds is 6. The largest absolute Gasteiger partial charge is 0.313 e. The molecule has 2 aliphatic rings. The molecule has 1 N–H and O–H groups in total. The SMILES string of the molecule is N#Cc1ccc(F)cc1CN(CC1CC1)CC1CCCN1. The first-order valence-corrected chi connectivity index (χ1v) is 7.89. The van der Waals surface area contributed by atoms with E-state index in [0.29, 0.717) is 18.2 Å². The smallest absolute Gasteiger partial charge is 0.123 e. The zero-order chi connectivity index (χ0) is 14.7. The molecule has 1 saturated carbocycles. The summed E-state index contributed by atoms with van der Waals surface area (Å²) in [5, 5.41) is 12.7. The molecule has 2 fully saturated rings. The molecule has 4 heteroatoms. The fourth-order valence-electron chi connectivity index (χ4n) is 3.14. The fraction of sp³-hybridized carbons (Fsp3) is 0.588. The van der Waals surface area contributed by atoms with E-state index >= 15 is 0 Å². The predicted octanol–water partition coefficient (Wildman–Crippen LogP) is 2.66. The average molecular weight is 287 g/mol. The summed E-state index contributed by atoms with van der Waals surface area (Å²) in [5.74, 6) is 0.542. The van der Waals surface area contributed by atoms with Crippen LogP contribution in [0.4, 0.5) is 4.39 Å².